The van der Waals surface area contributed by atoms with Crippen LogP contribution in [0.5, 0.6) is 5.75 Å². The minimum Gasteiger partial charge on any atom is -0.493 e. The third-order valence-corrected chi connectivity index (χ3v) is 4.34. The summed E-state index contributed by atoms with van der Waals surface area (Å²) in [5.74, 6) is 0.353. The van der Waals surface area contributed by atoms with Crippen LogP contribution in [0.25, 0.3) is 0 Å². The maximum atomic E-state index is 12.7. The van der Waals surface area contributed by atoms with E-state index >= 15 is 0 Å². The second-order valence-electron chi connectivity index (χ2n) is 6.98. The first-order valence-electron chi connectivity index (χ1n) is 9.74. The molecule has 2 aromatic rings. The van der Waals surface area contributed by atoms with Crippen molar-refractivity contribution < 1.29 is 14.3 Å². The molecule has 0 heterocycles. The summed E-state index contributed by atoms with van der Waals surface area (Å²) in [5.41, 5.74) is 1.29. The van der Waals surface area contributed by atoms with Gasteiger partial charge in [0.15, 0.2) is 5.11 Å². The number of amides is 2. The van der Waals surface area contributed by atoms with Gasteiger partial charge in [-0.05, 0) is 48.8 Å². The minimum atomic E-state index is -0.388. The highest BCUT2D eigenvalue weighted by Gasteiger charge is 2.16. The van der Waals surface area contributed by atoms with Gasteiger partial charge in [-0.25, -0.2) is 0 Å². The van der Waals surface area contributed by atoms with Gasteiger partial charge in [-0.3, -0.25) is 14.9 Å². The largest absolute Gasteiger partial charge is 0.493 e. The van der Waals surface area contributed by atoms with Gasteiger partial charge >= 0.3 is 0 Å². The Labute approximate surface area is 182 Å². The first kappa shape index (κ1) is 23.1. The lowest BCUT2D eigenvalue weighted by molar-refractivity contribution is 0.0955. The molecule has 0 spiro atoms. The van der Waals surface area contributed by atoms with Crippen LogP contribution in [0.3, 0.4) is 0 Å². The molecule has 0 fully saturated rings. The second kappa shape index (κ2) is 11.7. The minimum absolute atomic E-state index is 0.0842. The number of nitrogens with one attached hydrogen (secondary N) is 3. The van der Waals surface area contributed by atoms with Crippen molar-refractivity contribution in [3.63, 3.8) is 0 Å². The maximum Gasteiger partial charge on any atom is 0.261 e. The predicted octanol–water partition coefficient (Wildman–Crippen LogP) is 4.15. The number of hydrogen-bond donors (Lipinski definition) is 3. The van der Waals surface area contributed by atoms with Crippen LogP contribution in [0.1, 0.15) is 41.0 Å². The third kappa shape index (κ3) is 7.00. The highest BCUT2D eigenvalue weighted by Crippen LogP contribution is 2.19. The van der Waals surface area contributed by atoms with E-state index in [1.165, 1.54) is 0 Å². The van der Waals surface area contributed by atoms with Gasteiger partial charge in [0, 0.05) is 6.54 Å². The summed E-state index contributed by atoms with van der Waals surface area (Å²) >= 11 is 5.28. The molecule has 0 aliphatic heterocycles. The topological polar surface area (TPSA) is 79.5 Å². The fraction of sp³-hybridized carbons (Fsp3) is 0.261. The van der Waals surface area contributed by atoms with Crippen molar-refractivity contribution in [1.82, 2.24) is 10.6 Å². The quantitative estimate of drug-likeness (QED) is 0.415. The van der Waals surface area contributed by atoms with Crippen molar-refractivity contribution >= 4 is 34.8 Å². The molecule has 0 aliphatic carbocycles. The van der Waals surface area contributed by atoms with Gasteiger partial charge in [0.25, 0.3) is 11.8 Å². The number of carbonyl (C=O) groups excluding carboxylic acids is 2. The average molecular weight is 426 g/mol. The number of para-hydroxylation sites is 2. The molecule has 2 amide bonds. The highest BCUT2D eigenvalue weighted by molar-refractivity contribution is 7.80. The molecule has 7 heteroatoms. The van der Waals surface area contributed by atoms with E-state index in [2.05, 4.69) is 36.4 Å². The summed E-state index contributed by atoms with van der Waals surface area (Å²) in [5, 5.41) is 8.37. The Bertz CT molecular complexity index is 912. The Morgan fingerprint density at radius 1 is 1.07 bits per heavy atom. The van der Waals surface area contributed by atoms with Crippen molar-refractivity contribution in [3.05, 3.63) is 72.3 Å². The smallest absolute Gasteiger partial charge is 0.261 e. The van der Waals surface area contributed by atoms with E-state index in [0.29, 0.717) is 41.6 Å². The number of carbonyl (C=O) groups is 2. The van der Waals surface area contributed by atoms with Crippen LogP contribution in [-0.4, -0.2) is 30.1 Å². The number of thiocarbonyl (C=S) groups is 1. The van der Waals surface area contributed by atoms with Gasteiger partial charge in [-0.1, -0.05) is 44.2 Å². The molecule has 0 unspecified atom stereocenters. The summed E-state index contributed by atoms with van der Waals surface area (Å²) in [6, 6.07) is 13.9. The van der Waals surface area contributed by atoms with Crippen LogP contribution in [0.4, 0.5) is 5.69 Å². The molecule has 0 saturated heterocycles. The maximum absolute atomic E-state index is 12.7. The molecule has 0 radical (unpaired) electrons. The van der Waals surface area contributed by atoms with Crippen LogP contribution < -0.4 is 20.7 Å². The number of anilines is 1. The summed E-state index contributed by atoms with van der Waals surface area (Å²) in [4.78, 5) is 25.0. The van der Waals surface area contributed by atoms with Crippen molar-refractivity contribution in [1.29, 1.82) is 0 Å². The lowest BCUT2D eigenvalue weighted by atomic mass is 10.1. The van der Waals surface area contributed by atoms with Crippen LogP contribution >= 0.6 is 12.2 Å². The first-order valence-corrected chi connectivity index (χ1v) is 10.2. The molecule has 0 saturated carbocycles. The zero-order valence-electron chi connectivity index (χ0n) is 17.2. The SMILES string of the molecule is C=CCNC(=O)c1ccccc1NC(=S)NC(=O)c1ccccc1OCCC(C)C. The van der Waals surface area contributed by atoms with E-state index in [1.54, 1.807) is 48.5 Å². The Balaban J connectivity index is 2.05. The Kier molecular flexibility index (Phi) is 9.03. The molecule has 3 N–H and O–H groups in total. The molecular formula is C23H27N3O3S. The molecule has 2 aromatic carbocycles. The van der Waals surface area contributed by atoms with Crippen molar-refractivity contribution in [2.45, 2.75) is 20.3 Å². The molecule has 2 rings (SSSR count). The van der Waals surface area contributed by atoms with Gasteiger partial charge in [0.2, 0.25) is 0 Å². The van der Waals surface area contributed by atoms with Gasteiger partial charge in [0.05, 0.1) is 23.4 Å². The third-order valence-electron chi connectivity index (χ3n) is 4.14. The van der Waals surface area contributed by atoms with E-state index in [0.717, 1.165) is 6.42 Å². The van der Waals surface area contributed by atoms with E-state index in [4.69, 9.17) is 17.0 Å². The fourth-order valence-electron chi connectivity index (χ4n) is 2.56. The molecule has 6 nitrogen and oxygen atoms in total. The Morgan fingerprint density at radius 2 is 1.73 bits per heavy atom. The second-order valence-corrected chi connectivity index (χ2v) is 7.39. The van der Waals surface area contributed by atoms with Gasteiger partial charge < -0.3 is 15.4 Å². The predicted molar refractivity (Wildman–Crippen MR) is 124 cm³/mol. The standard InChI is InChI=1S/C23H27N3O3S/c1-4-14-24-21(27)17-9-5-7-11-19(17)25-23(30)26-22(28)18-10-6-8-12-20(18)29-15-13-16(2)3/h4-12,16H,1,13-15H2,2-3H3,(H,24,27)(H2,25,26,28,30). The number of rotatable bonds is 9. The van der Waals surface area contributed by atoms with Crippen molar-refractivity contribution in [3.8, 4) is 5.75 Å². The molecule has 0 aliphatic rings. The van der Waals surface area contributed by atoms with Crippen LogP contribution in [0, 0.1) is 5.92 Å². The average Bonchev–Trinajstić information content (AvgIpc) is 2.72. The summed E-state index contributed by atoms with van der Waals surface area (Å²) < 4.78 is 5.77. The summed E-state index contributed by atoms with van der Waals surface area (Å²) in [6.45, 7) is 8.68. The molecule has 0 aromatic heterocycles. The van der Waals surface area contributed by atoms with E-state index < -0.39 is 0 Å². The Morgan fingerprint density at radius 3 is 2.43 bits per heavy atom. The van der Waals surface area contributed by atoms with Crippen LogP contribution in [0.2, 0.25) is 0 Å². The first-order chi connectivity index (χ1) is 14.4. The molecule has 30 heavy (non-hydrogen) atoms. The van der Waals surface area contributed by atoms with Gasteiger partial charge in [0.1, 0.15) is 5.75 Å². The Hall–Kier alpha value is -3.19. The van der Waals surface area contributed by atoms with E-state index in [1.807, 2.05) is 6.07 Å². The summed E-state index contributed by atoms with van der Waals surface area (Å²) in [7, 11) is 0. The molecule has 158 valence electrons. The lowest BCUT2D eigenvalue weighted by Crippen LogP contribution is -2.35. The van der Waals surface area contributed by atoms with Crippen LogP contribution in [0.15, 0.2) is 61.2 Å². The normalized spacial score (nSPS) is 10.2. The summed E-state index contributed by atoms with van der Waals surface area (Å²) in [6.07, 6.45) is 2.49. The number of benzene rings is 2. The van der Waals surface area contributed by atoms with Crippen LogP contribution in [-0.2, 0) is 0 Å². The van der Waals surface area contributed by atoms with Gasteiger partial charge in [-0.2, -0.15) is 0 Å². The zero-order valence-corrected chi connectivity index (χ0v) is 18.1. The zero-order chi connectivity index (χ0) is 21.9. The van der Waals surface area contributed by atoms with Gasteiger partial charge in [-0.15, -0.1) is 6.58 Å². The van der Waals surface area contributed by atoms with Crippen molar-refractivity contribution in [2.24, 2.45) is 5.92 Å². The lowest BCUT2D eigenvalue weighted by Gasteiger charge is -2.15. The molecule has 0 atom stereocenters. The monoisotopic (exact) mass is 425 g/mol. The van der Waals surface area contributed by atoms with E-state index in [9.17, 15) is 9.59 Å². The fourth-order valence-corrected chi connectivity index (χ4v) is 2.76. The van der Waals surface area contributed by atoms with Crippen molar-refractivity contribution in [2.75, 3.05) is 18.5 Å². The highest BCUT2D eigenvalue weighted by atomic mass is 32.1. The molecular weight excluding hydrogens is 398 g/mol. The molecule has 0 bridgehead atoms. The number of ether oxygens (including phenoxy) is 1. The number of hydrogen-bond acceptors (Lipinski definition) is 4. The van der Waals surface area contributed by atoms with E-state index in [-0.39, 0.29) is 16.9 Å².